The number of esters is 1. The zero-order valence-corrected chi connectivity index (χ0v) is 13.8. The third kappa shape index (κ3) is 4.92. The molecule has 0 amide bonds. The number of amidine groups is 1. The van der Waals surface area contributed by atoms with Gasteiger partial charge < -0.3 is 10.5 Å². The largest absolute Gasteiger partial charge is 0.465 e. The molecule has 5 nitrogen and oxygen atoms in total. The van der Waals surface area contributed by atoms with Gasteiger partial charge in [-0.1, -0.05) is 48.2 Å². The first-order valence-electron chi connectivity index (χ1n) is 7.02. The topological polar surface area (TPSA) is 77.0 Å². The number of thioether (sulfide) groups is 1. The van der Waals surface area contributed by atoms with Gasteiger partial charge in [-0.2, -0.15) is 5.10 Å². The predicted molar refractivity (Wildman–Crippen MR) is 94.7 cm³/mol. The molecule has 0 unspecified atom stereocenters. The van der Waals surface area contributed by atoms with Gasteiger partial charge in [-0.15, -0.1) is 5.10 Å². The van der Waals surface area contributed by atoms with Gasteiger partial charge in [-0.3, -0.25) is 0 Å². The van der Waals surface area contributed by atoms with Crippen molar-refractivity contribution < 1.29 is 13.9 Å². The average molecular weight is 345 g/mol. The van der Waals surface area contributed by atoms with E-state index in [2.05, 4.69) is 14.9 Å². The Morgan fingerprint density at radius 2 is 2.00 bits per heavy atom. The summed E-state index contributed by atoms with van der Waals surface area (Å²) >= 11 is 1.31. The Balaban J connectivity index is 2.06. The summed E-state index contributed by atoms with van der Waals surface area (Å²) in [5, 5.41) is 7.81. The van der Waals surface area contributed by atoms with Crippen molar-refractivity contribution in [3.8, 4) is 0 Å². The lowest BCUT2D eigenvalue weighted by Gasteiger charge is -2.04. The van der Waals surface area contributed by atoms with Crippen molar-refractivity contribution in [2.75, 3.05) is 7.11 Å². The number of carbonyl (C=O) groups is 1. The molecule has 2 aromatic carbocycles. The Morgan fingerprint density at radius 3 is 2.71 bits per heavy atom. The lowest BCUT2D eigenvalue weighted by atomic mass is 10.1. The second kappa shape index (κ2) is 8.83. The quantitative estimate of drug-likeness (QED) is 0.391. The fourth-order valence-electron chi connectivity index (χ4n) is 1.86. The maximum absolute atomic E-state index is 13.9. The highest BCUT2D eigenvalue weighted by atomic mass is 32.2. The molecular formula is C17H16FN3O2S. The molecule has 7 heteroatoms. The van der Waals surface area contributed by atoms with Crippen LogP contribution in [0, 0.1) is 5.82 Å². The smallest absolute Gasteiger partial charge is 0.338 e. The van der Waals surface area contributed by atoms with E-state index in [-0.39, 0.29) is 16.3 Å². The molecule has 0 bridgehead atoms. The van der Waals surface area contributed by atoms with Crippen LogP contribution < -0.4 is 5.73 Å². The molecule has 0 aromatic heterocycles. The summed E-state index contributed by atoms with van der Waals surface area (Å²) in [5.41, 5.74) is 6.95. The summed E-state index contributed by atoms with van der Waals surface area (Å²) in [5.74, 6) is -0.586. The summed E-state index contributed by atoms with van der Waals surface area (Å²) in [7, 11) is 1.23. The lowest BCUT2D eigenvalue weighted by Crippen LogP contribution is -2.08. The standard InChI is InChI=1S/C17H16FN3O2S/c1-23-16(22)13-8-5-9-15(18)14(13)10-20-21-17(19)24-11-12-6-3-2-4-7-12/h2-10H,11H2,1H3,(H2,19,21). The molecule has 0 aliphatic heterocycles. The molecule has 0 saturated carbocycles. The molecule has 24 heavy (non-hydrogen) atoms. The summed E-state index contributed by atoms with van der Waals surface area (Å²) in [4.78, 5) is 11.6. The van der Waals surface area contributed by atoms with Crippen LogP contribution >= 0.6 is 11.8 Å². The Labute approximate surface area is 143 Å². The van der Waals surface area contributed by atoms with Crippen molar-refractivity contribution >= 4 is 29.1 Å². The van der Waals surface area contributed by atoms with Gasteiger partial charge in [0.25, 0.3) is 0 Å². The van der Waals surface area contributed by atoms with E-state index in [1.165, 1.54) is 37.1 Å². The number of hydrogen-bond donors (Lipinski definition) is 1. The van der Waals surface area contributed by atoms with Crippen LogP contribution in [0.1, 0.15) is 21.5 Å². The Bertz CT molecular complexity index is 764. The van der Waals surface area contributed by atoms with E-state index in [4.69, 9.17) is 5.73 Å². The van der Waals surface area contributed by atoms with Gasteiger partial charge in [-0.05, 0) is 17.7 Å². The van der Waals surface area contributed by atoms with E-state index in [0.717, 1.165) is 11.8 Å². The first-order valence-corrected chi connectivity index (χ1v) is 8.00. The van der Waals surface area contributed by atoms with Gasteiger partial charge in [0.15, 0.2) is 5.17 Å². The van der Waals surface area contributed by atoms with Crippen LogP contribution in [0.2, 0.25) is 0 Å². The lowest BCUT2D eigenvalue weighted by molar-refractivity contribution is 0.0600. The van der Waals surface area contributed by atoms with E-state index in [0.29, 0.717) is 5.75 Å². The molecule has 0 spiro atoms. The number of ether oxygens (including phenoxy) is 1. The van der Waals surface area contributed by atoms with Crippen LogP contribution in [-0.2, 0) is 10.5 Å². The van der Waals surface area contributed by atoms with E-state index >= 15 is 0 Å². The minimum atomic E-state index is -0.647. The molecule has 0 radical (unpaired) electrons. The van der Waals surface area contributed by atoms with Crippen LogP contribution in [0.5, 0.6) is 0 Å². The highest BCUT2D eigenvalue weighted by Gasteiger charge is 2.13. The highest BCUT2D eigenvalue weighted by molar-refractivity contribution is 8.13. The molecule has 0 fully saturated rings. The fraction of sp³-hybridized carbons (Fsp3) is 0.118. The molecule has 0 heterocycles. The molecule has 0 aliphatic carbocycles. The minimum absolute atomic E-state index is 0.00830. The summed E-state index contributed by atoms with van der Waals surface area (Å²) in [6.07, 6.45) is 1.15. The van der Waals surface area contributed by atoms with Crippen LogP contribution in [-0.4, -0.2) is 24.5 Å². The highest BCUT2D eigenvalue weighted by Crippen LogP contribution is 2.14. The van der Waals surface area contributed by atoms with Crippen molar-refractivity contribution in [1.82, 2.24) is 0 Å². The van der Waals surface area contributed by atoms with Crippen molar-refractivity contribution in [1.29, 1.82) is 0 Å². The van der Waals surface area contributed by atoms with Crippen LogP contribution in [0.25, 0.3) is 0 Å². The van der Waals surface area contributed by atoms with E-state index < -0.39 is 11.8 Å². The molecule has 2 N–H and O–H groups in total. The molecule has 0 atom stereocenters. The number of carbonyl (C=O) groups excluding carboxylic acids is 1. The van der Waals surface area contributed by atoms with Crippen molar-refractivity contribution in [3.63, 3.8) is 0 Å². The van der Waals surface area contributed by atoms with Crippen LogP contribution in [0.3, 0.4) is 0 Å². The van der Waals surface area contributed by atoms with Gasteiger partial charge >= 0.3 is 5.97 Å². The zero-order valence-electron chi connectivity index (χ0n) is 13.0. The van der Waals surface area contributed by atoms with Crippen LogP contribution in [0.15, 0.2) is 58.7 Å². The fourth-order valence-corrected chi connectivity index (χ4v) is 2.47. The monoisotopic (exact) mass is 345 g/mol. The Hall–Kier alpha value is -2.67. The van der Waals surface area contributed by atoms with E-state index in [1.54, 1.807) is 0 Å². The number of rotatable bonds is 5. The SMILES string of the molecule is COC(=O)c1cccc(F)c1C=NN=C(N)SCc1ccccc1. The van der Waals surface area contributed by atoms with Gasteiger partial charge in [0.1, 0.15) is 5.82 Å². The number of hydrogen-bond acceptors (Lipinski definition) is 5. The number of nitrogens with zero attached hydrogens (tertiary/aromatic N) is 2. The maximum atomic E-state index is 13.9. The summed E-state index contributed by atoms with van der Waals surface area (Å²) < 4.78 is 18.5. The molecule has 0 aliphatic rings. The van der Waals surface area contributed by atoms with Gasteiger partial charge in [0.2, 0.25) is 0 Å². The number of halogens is 1. The predicted octanol–water partition coefficient (Wildman–Crippen LogP) is 3.19. The third-order valence-electron chi connectivity index (χ3n) is 3.03. The maximum Gasteiger partial charge on any atom is 0.338 e. The van der Waals surface area contributed by atoms with Crippen molar-refractivity contribution in [2.24, 2.45) is 15.9 Å². The van der Waals surface area contributed by atoms with Gasteiger partial charge in [-0.25, -0.2) is 9.18 Å². The second-order valence-corrected chi connectivity index (χ2v) is 5.65. The van der Waals surface area contributed by atoms with Crippen LogP contribution in [0.4, 0.5) is 4.39 Å². The Kier molecular flexibility index (Phi) is 6.51. The number of benzene rings is 2. The van der Waals surface area contributed by atoms with E-state index in [1.807, 2.05) is 30.3 Å². The van der Waals surface area contributed by atoms with Gasteiger partial charge in [0, 0.05) is 11.3 Å². The number of nitrogens with two attached hydrogens (primary N) is 1. The zero-order chi connectivity index (χ0) is 17.4. The molecule has 2 aromatic rings. The molecule has 2 rings (SSSR count). The first-order chi connectivity index (χ1) is 11.6. The first kappa shape index (κ1) is 17.7. The molecule has 0 saturated heterocycles. The molecular weight excluding hydrogens is 329 g/mol. The van der Waals surface area contributed by atoms with E-state index in [9.17, 15) is 9.18 Å². The summed E-state index contributed by atoms with van der Waals surface area (Å²) in [6.45, 7) is 0. The normalized spacial score (nSPS) is 11.7. The Morgan fingerprint density at radius 1 is 1.25 bits per heavy atom. The second-order valence-electron chi connectivity index (χ2n) is 4.65. The average Bonchev–Trinajstić information content (AvgIpc) is 2.61. The third-order valence-corrected chi connectivity index (χ3v) is 3.89. The van der Waals surface area contributed by atoms with Crippen molar-refractivity contribution in [2.45, 2.75) is 5.75 Å². The molecule has 124 valence electrons. The van der Waals surface area contributed by atoms with Gasteiger partial charge in [0.05, 0.1) is 18.9 Å². The number of methoxy groups -OCH3 is 1. The summed E-state index contributed by atoms with van der Waals surface area (Å²) in [6, 6.07) is 13.9. The minimum Gasteiger partial charge on any atom is -0.465 e. The van der Waals surface area contributed by atoms with Crippen molar-refractivity contribution in [3.05, 3.63) is 71.0 Å².